The molecule has 0 bridgehead atoms. The van der Waals surface area contributed by atoms with Gasteiger partial charge in [0, 0.05) is 12.4 Å². The van der Waals surface area contributed by atoms with Crippen LogP contribution in [0.25, 0.3) is 0 Å². The van der Waals surface area contributed by atoms with E-state index >= 15 is 0 Å². The molecule has 0 aliphatic rings. The number of thiazole rings is 1. The Kier molecular flexibility index (Phi) is 5.95. The van der Waals surface area contributed by atoms with Crippen molar-refractivity contribution in [3.05, 3.63) is 45.7 Å². The minimum absolute atomic E-state index is 0.662. The van der Waals surface area contributed by atoms with Crippen molar-refractivity contribution in [1.82, 2.24) is 4.68 Å². The summed E-state index contributed by atoms with van der Waals surface area (Å²) < 4.78 is 7.56. The van der Waals surface area contributed by atoms with Gasteiger partial charge in [-0.1, -0.05) is 13.8 Å². The van der Waals surface area contributed by atoms with Crippen LogP contribution in [0.2, 0.25) is 0 Å². The molecule has 0 radical (unpaired) electrons. The third-order valence-electron chi connectivity index (χ3n) is 3.21. The molecule has 0 saturated heterocycles. The summed E-state index contributed by atoms with van der Waals surface area (Å²) in [6.45, 7) is 7.18. The number of hydrogen-bond acceptors (Lipinski definition) is 4. The van der Waals surface area contributed by atoms with E-state index in [1.807, 2.05) is 47.5 Å². The summed E-state index contributed by atoms with van der Waals surface area (Å²) in [5.74, 6) is 1.57. The van der Waals surface area contributed by atoms with Crippen LogP contribution in [-0.2, 0) is 0 Å². The van der Waals surface area contributed by atoms with Gasteiger partial charge in [-0.05, 0) is 49.1 Å². The predicted octanol–water partition coefficient (Wildman–Crippen LogP) is 3.70. The molecule has 0 unspecified atom stereocenters. The standard InChI is InChI=1S/C17H23N3OS/c1-13(2)9-10-21-16-7-5-15(6-8-16)11-19-20-14(3)12-22-17(20)18-4/h5-8,11-13H,9-10H2,1-4H3. The molecule has 0 fully saturated rings. The molecular formula is C17H23N3OS. The monoisotopic (exact) mass is 317 g/mol. The molecule has 0 aliphatic heterocycles. The van der Waals surface area contributed by atoms with Gasteiger partial charge in [0.05, 0.1) is 18.5 Å². The number of benzene rings is 1. The Morgan fingerprint density at radius 2 is 2.00 bits per heavy atom. The number of aryl methyl sites for hydroxylation is 1. The van der Waals surface area contributed by atoms with Crippen LogP contribution in [0.4, 0.5) is 0 Å². The number of rotatable bonds is 6. The van der Waals surface area contributed by atoms with Gasteiger partial charge in [-0.25, -0.2) is 4.68 Å². The van der Waals surface area contributed by atoms with Crippen LogP contribution in [0.3, 0.4) is 0 Å². The van der Waals surface area contributed by atoms with Crippen LogP contribution in [0.1, 0.15) is 31.5 Å². The molecule has 1 heterocycles. The SMILES string of the molecule is CN=c1scc(C)n1N=Cc1ccc(OCCC(C)C)cc1. The van der Waals surface area contributed by atoms with Crippen molar-refractivity contribution in [3.8, 4) is 5.75 Å². The number of hydrogen-bond donors (Lipinski definition) is 0. The van der Waals surface area contributed by atoms with Crippen LogP contribution in [-0.4, -0.2) is 24.5 Å². The van der Waals surface area contributed by atoms with Crippen molar-refractivity contribution >= 4 is 17.6 Å². The lowest BCUT2D eigenvalue weighted by molar-refractivity contribution is 0.289. The van der Waals surface area contributed by atoms with Gasteiger partial charge < -0.3 is 4.74 Å². The van der Waals surface area contributed by atoms with Crippen LogP contribution in [0.5, 0.6) is 5.75 Å². The molecule has 0 aliphatic carbocycles. The van der Waals surface area contributed by atoms with Gasteiger partial charge in [-0.2, -0.15) is 5.10 Å². The molecule has 118 valence electrons. The molecule has 0 N–H and O–H groups in total. The van der Waals surface area contributed by atoms with E-state index in [1.54, 1.807) is 18.4 Å². The predicted molar refractivity (Wildman–Crippen MR) is 92.9 cm³/mol. The smallest absolute Gasteiger partial charge is 0.205 e. The van der Waals surface area contributed by atoms with E-state index in [2.05, 4.69) is 23.9 Å². The Hall–Kier alpha value is -1.88. The van der Waals surface area contributed by atoms with Crippen LogP contribution in [0.15, 0.2) is 39.7 Å². The molecule has 22 heavy (non-hydrogen) atoms. The lowest BCUT2D eigenvalue weighted by Crippen LogP contribution is -2.11. The second-order valence-electron chi connectivity index (χ2n) is 5.54. The van der Waals surface area contributed by atoms with Crippen molar-refractivity contribution in [1.29, 1.82) is 0 Å². The molecule has 2 aromatic rings. The van der Waals surface area contributed by atoms with Gasteiger partial charge in [0.1, 0.15) is 5.75 Å². The maximum Gasteiger partial charge on any atom is 0.205 e. The van der Waals surface area contributed by atoms with E-state index in [9.17, 15) is 0 Å². The molecule has 5 heteroatoms. The number of aromatic nitrogens is 1. The van der Waals surface area contributed by atoms with E-state index < -0.39 is 0 Å². The average Bonchev–Trinajstić information content (AvgIpc) is 2.86. The molecule has 1 aromatic heterocycles. The second kappa shape index (κ2) is 7.94. The minimum Gasteiger partial charge on any atom is -0.494 e. The first-order chi connectivity index (χ1) is 10.6. The Balaban J connectivity index is 2.02. The Labute approximate surface area is 135 Å². The van der Waals surface area contributed by atoms with E-state index in [-0.39, 0.29) is 0 Å². The number of nitrogens with zero attached hydrogens (tertiary/aromatic N) is 3. The Morgan fingerprint density at radius 1 is 1.27 bits per heavy atom. The fraction of sp³-hybridized carbons (Fsp3) is 0.412. The molecule has 0 spiro atoms. The van der Waals surface area contributed by atoms with E-state index in [1.165, 1.54) is 0 Å². The normalized spacial score (nSPS) is 12.5. The highest BCUT2D eigenvalue weighted by Gasteiger charge is 1.99. The quantitative estimate of drug-likeness (QED) is 0.749. The summed E-state index contributed by atoms with van der Waals surface area (Å²) in [5.41, 5.74) is 2.12. The topological polar surface area (TPSA) is 38.9 Å². The zero-order valence-electron chi connectivity index (χ0n) is 13.6. The molecule has 0 saturated carbocycles. The highest BCUT2D eigenvalue weighted by atomic mass is 32.1. The summed E-state index contributed by atoms with van der Waals surface area (Å²) >= 11 is 1.59. The van der Waals surface area contributed by atoms with Gasteiger partial charge in [0.2, 0.25) is 4.80 Å². The van der Waals surface area contributed by atoms with Gasteiger partial charge in [0.15, 0.2) is 0 Å². The molecule has 0 atom stereocenters. The van der Waals surface area contributed by atoms with Crippen molar-refractivity contribution in [3.63, 3.8) is 0 Å². The first kappa shape index (κ1) is 16.5. The van der Waals surface area contributed by atoms with Crippen molar-refractivity contribution in [2.45, 2.75) is 27.2 Å². The third kappa shape index (κ3) is 4.56. The summed E-state index contributed by atoms with van der Waals surface area (Å²) in [5, 5.41) is 6.54. The molecule has 4 nitrogen and oxygen atoms in total. The Bertz CT molecular complexity index is 681. The zero-order chi connectivity index (χ0) is 15.9. The molecule has 0 amide bonds. The van der Waals surface area contributed by atoms with Gasteiger partial charge in [-0.15, -0.1) is 11.3 Å². The highest BCUT2D eigenvalue weighted by molar-refractivity contribution is 7.07. The third-order valence-corrected chi connectivity index (χ3v) is 4.23. The summed E-state index contributed by atoms with van der Waals surface area (Å²) in [6, 6.07) is 7.99. The van der Waals surface area contributed by atoms with Gasteiger partial charge >= 0.3 is 0 Å². The van der Waals surface area contributed by atoms with Crippen molar-refractivity contribution in [2.75, 3.05) is 13.7 Å². The van der Waals surface area contributed by atoms with E-state index in [4.69, 9.17) is 4.74 Å². The van der Waals surface area contributed by atoms with Crippen LogP contribution in [0, 0.1) is 12.8 Å². The van der Waals surface area contributed by atoms with Crippen LogP contribution >= 0.6 is 11.3 Å². The second-order valence-corrected chi connectivity index (χ2v) is 6.38. The maximum atomic E-state index is 5.71. The van der Waals surface area contributed by atoms with Gasteiger partial charge in [0.25, 0.3) is 0 Å². The lowest BCUT2D eigenvalue weighted by Gasteiger charge is -2.07. The first-order valence-corrected chi connectivity index (χ1v) is 8.35. The van der Waals surface area contributed by atoms with Gasteiger partial charge in [-0.3, -0.25) is 4.99 Å². The highest BCUT2D eigenvalue weighted by Crippen LogP contribution is 2.12. The summed E-state index contributed by atoms with van der Waals surface area (Å²) in [4.78, 5) is 5.10. The summed E-state index contributed by atoms with van der Waals surface area (Å²) in [7, 11) is 1.78. The zero-order valence-corrected chi connectivity index (χ0v) is 14.4. The maximum absolute atomic E-state index is 5.71. The fourth-order valence-electron chi connectivity index (χ4n) is 1.86. The Morgan fingerprint density at radius 3 is 2.64 bits per heavy atom. The molecular weight excluding hydrogens is 294 g/mol. The van der Waals surface area contributed by atoms with E-state index in [0.717, 1.165) is 34.8 Å². The lowest BCUT2D eigenvalue weighted by atomic mass is 10.1. The minimum atomic E-state index is 0.662. The summed E-state index contributed by atoms with van der Waals surface area (Å²) in [6.07, 6.45) is 2.91. The van der Waals surface area contributed by atoms with E-state index in [0.29, 0.717) is 5.92 Å². The largest absolute Gasteiger partial charge is 0.494 e. The van der Waals surface area contributed by atoms with Crippen LogP contribution < -0.4 is 9.54 Å². The molecule has 2 rings (SSSR count). The first-order valence-electron chi connectivity index (χ1n) is 7.47. The number of ether oxygens (including phenoxy) is 1. The average molecular weight is 317 g/mol. The fourth-order valence-corrected chi connectivity index (χ4v) is 2.64. The molecule has 1 aromatic carbocycles. The van der Waals surface area contributed by atoms with Crippen molar-refractivity contribution < 1.29 is 4.74 Å². The van der Waals surface area contributed by atoms with Crippen molar-refractivity contribution in [2.24, 2.45) is 16.0 Å².